The van der Waals surface area contributed by atoms with E-state index in [9.17, 15) is 0 Å². The van der Waals surface area contributed by atoms with Crippen LogP contribution in [0.3, 0.4) is 0 Å². The fraction of sp³-hybridized carbons (Fsp3) is 0.846. The fourth-order valence-electron chi connectivity index (χ4n) is 5.12. The molecule has 0 spiro atoms. The summed E-state index contributed by atoms with van der Waals surface area (Å²) < 4.78 is 0. The summed E-state index contributed by atoms with van der Waals surface area (Å²) in [7, 11) is 0. The van der Waals surface area contributed by atoms with Crippen LogP contribution in [0.4, 0.5) is 0 Å². The second-order valence-electron chi connectivity index (χ2n) is 12.0. The van der Waals surface area contributed by atoms with Crippen molar-refractivity contribution in [2.24, 2.45) is 0 Å². The van der Waals surface area contributed by atoms with Crippen LogP contribution in [-0.4, -0.2) is 13.1 Å². The zero-order chi connectivity index (χ0) is 29.5. The molecule has 238 valence electrons. The summed E-state index contributed by atoms with van der Waals surface area (Å²) in [5.74, 6) is 0. The van der Waals surface area contributed by atoms with Gasteiger partial charge in [-0.2, -0.15) is 0 Å². The first-order valence-electron chi connectivity index (χ1n) is 18.4. The lowest BCUT2D eigenvalue weighted by molar-refractivity contribution is 0.539. The van der Waals surface area contributed by atoms with Gasteiger partial charge >= 0.3 is 0 Å². The molecule has 0 rings (SSSR count). The molecule has 0 heterocycles. The Hall–Kier alpha value is -0.820. The molecule has 0 saturated heterocycles. The predicted molar refractivity (Wildman–Crippen MR) is 188 cm³/mol. The molecule has 0 atom stereocenters. The summed E-state index contributed by atoms with van der Waals surface area (Å²) >= 11 is 0. The molecule has 0 saturated carbocycles. The third-order valence-corrected chi connectivity index (χ3v) is 7.73. The lowest BCUT2D eigenvalue weighted by atomic mass is 10.1. The van der Waals surface area contributed by atoms with Gasteiger partial charge in [-0.15, -0.1) is 6.58 Å². The minimum atomic E-state index is 1.23. The molecule has 0 fully saturated rings. The highest BCUT2D eigenvalue weighted by atomic mass is 14.8. The Morgan fingerprint density at radius 2 is 0.600 bits per heavy atom. The first kappa shape index (κ1) is 41.3. The number of hydrogen-bond donors (Lipinski definition) is 1. The van der Waals surface area contributed by atoms with Gasteiger partial charge in [-0.1, -0.05) is 160 Å². The van der Waals surface area contributed by atoms with Gasteiger partial charge in [-0.25, -0.2) is 0 Å². The molecule has 0 radical (unpaired) electrons. The van der Waals surface area contributed by atoms with E-state index in [4.69, 9.17) is 0 Å². The van der Waals surface area contributed by atoms with E-state index in [2.05, 4.69) is 50.0 Å². The second-order valence-corrected chi connectivity index (χ2v) is 12.0. The maximum absolute atomic E-state index is 3.67. The van der Waals surface area contributed by atoms with E-state index in [0.717, 1.165) is 0 Å². The van der Waals surface area contributed by atoms with Gasteiger partial charge in [-0.05, 0) is 84.2 Å². The zero-order valence-electron chi connectivity index (χ0n) is 28.3. The van der Waals surface area contributed by atoms with Crippen molar-refractivity contribution in [2.45, 2.75) is 201 Å². The van der Waals surface area contributed by atoms with Gasteiger partial charge in [0.25, 0.3) is 0 Å². The van der Waals surface area contributed by atoms with Gasteiger partial charge in [-0.3, -0.25) is 0 Å². The van der Waals surface area contributed by atoms with Crippen molar-refractivity contribution in [3.63, 3.8) is 0 Å². The molecule has 1 nitrogen and oxygen atoms in total. The van der Waals surface area contributed by atoms with Crippen LogP contribution >= 0.6 is 0 Å². The molecular formula is C39H77N. The van der Waals surface area contributed by atoms with Gasteiger partial charge in [0.1, 0.15) is 0 Å². The Morgan fingerprint density at radius 3 is 0.875 bits per heavy atom. The SMILES string of the molecule is C=CC.CCCCCCCC/C=C\CCCCCCCCNCCCCCCCC/C=C\CCCCCCCC. The zero-order valence-corrected chi connectivity index (χ0v) is 28.3. The molecule has 0 aromatic carbocycles. The normalized spacial score (nSPS) is 11.4. The van der Waals surface area contributed by atoms with Crippen LogP contribution in [0.5, 0.6) is 0 Å². The summed E-state index contributed by atoms with van der Waals surface area (Å²) in [6, 6.07) is 0. The molecule has 0 amide bonds. The maximum atomic E-state index is 3.67. The van der Waals surface area contributed by atoms with Crippen LogP contribution in [0.25, 0.3) is 0 Å². The lowest BCUT2D eigenvalue weighted by Crippen LogP contribution is -2.16. The van der Waals surface area contributed by atoms with Crippen molar-refractivity contribution in [1.29, 1.82) is 0 Å². The maximum Gasteiger partial charge on any atom is -0.00489 e. The highest BCUT2D eigenvalue weighted by molar-refractivity contribution is 4.82. The van der Waals surface area contributed by atoms with Gasteiger partial charge in [0.05, 0.1) is 0 Å². The van der Waals surface area contributed by atoms with E-state index in [-0.39, 0.29) is 0 Å². The lowest BCUT2D eigenvalue weighted by Gasteiger charge is -2.05. The Morgan fingerprint density at radius 1 is 0.375 bits per heavy atom. The highest BCUT2D eigenvalue weighted by Gasteiger charge is 1.94. The van der Waals surface area contributed by atoms with Crippen molar-refractivity contribution < 1.29 is 0 Å². The third kappa shape index (κ3) is 44.2. The van der Waals surface area contributed by atoms with Crippen molar-refractivity contribution >= 4 is 0 Å². The first-order valence-corrected chi connectivity index (χ1v) is 18.4. The van der Waals surface area contributed by atoms with E-state index in [0.29, 0.717) is 0 Å². The van der Waals surface area contributed by atoms with E-state index in [1.54, 1.807) is 6.08 Å². The first-order chi connectivity index (χ1) is 19.8. The van der Waals surface area contributed by atoms with Gasteiger partial charge in [0, 0.05) is 0 Å². The summed E-state index contributed by atoms with van der Waals surface area (Å²) in [5.41, 5.74) is 0. The van der Waals surface area contributed by atoms with Gasteiger partial charge in [0.15, 0.2) is 0 Å². The molecule has 0 aliphatic heterocycles. The molecule has 40 heavy (non-hydrogen) atoms. The Bertz CT molecular complexity index is 437. The standard InChI is InChI=1S/C36H71N.C3H6/c1-3-5-7-9-11-13-15-17-19-21-23-25-27-29-31-33-35-37-36-34-32-30-28-26-24-22-20-18-16-14-12-10-8-6-4-2;1-3-2/h17-20,37H,3-16,21-36H2,1-2H3;3H,1H2,2H3/b19-17-,20-18-;. The smallest absolute Gasteiger partial charge is 0.00489 e. The molecule has 1 N–H and O–H groups in total. The molecule has 0 unspecified atom stereocenters. The van der Waals surface area contributed by atoms with Crippen LogP contribution < -0.4 is 5.32 Å². The highest BCUT2D eigenvalue weighted by Crippen LogP contribution is 2.11. The molecule has 0 aliphatic rings. The quantitative estimate of drug-likeness (QED) is 0.0638. The molecule has 0 bridgehead atoms. The second kappa shape index (κ2) is 42.6. The molecule has 0 aliphatic carbocycles. The molecule has 0 aromatic rings. The van der Waals surface area contributed by atoms with Crippen molar-refractivity contribution in [2.75, 3.05) is 13.1 Å². The average Bonchev–Trinajstić information content (AvgIpc) is 2.96. The van der Waals surface area contributed by atoms with Crippen LogP contribution in [0.2, 0.25) is 0 Å². The minimum absolute atomic E-state index is 1.23. The number of rotatable bonds is 32. The van der Waals surface area contributed by atoms with Crippen LogP contribution in [0.1, 0.15) is 201 Å². The Labute approximate surface area is 255 Å². The largest absolute Gasteiger partial charge is 0.317 e. The number of hydrogen-bond acceptors (Lipinski definition) is 1. The van der Waals surface area contributed by atoms with Crippen LogP contribution in [0, 0.1) is 0 Å². The number of unbranched alkanes of at least 4 members (excludes halogenated alkanes) is 24. The minimum Gasteiger partial charge on any atom is -0.317 e. The van der Waals surface area contributed by atoms with E-state index < -0.39 is 0 Å². The fourth-order valence-corrected chi connectivity index (χ4v) is 5.12. The van der Waals surface area contributed by atoms with E-state index >= 15 is 0 Å². The summed E-state index contributed by atoms with van der Waals surface area (Å²) in [6.45, 7) is 12.3. The van der Waals surface area contributed by atoms with Gasteiger partial charge < -0.3 is 5.32 Å². The number of nitrogens with one attached hydrogen (secondary N) is 1. The van der Waals surface area contributed by atoms with Gasteiger partial charge in [0.2, 0.25) is 0 Å². The molecule has 0 aromatic heterocycles. The summed E-state index contributed by atoms with van der Waals surface area (Å²) in [5, 5.41) is 3.67. The Kier molecular flexibility index (Phi) is 44.0. The average molecular weight is 560 g/mol. The van der Waals surface area contributed by atoms with Crippen LogP contribution in [-0.2, 0) is 0 Å². The Balaban J connectivity index is 0. The molecular weight excluding hydrogens is 482 g/mol. The summed E-state index contributed by atoms with van der Waals surface area (Å²) in [6.07, 6.45) is 50.5. The van der Waals surface area contributed by atoms with E-state index in [1.807, 2.05) is 6.92 Å². The topological polar surface area (TPSA) is 12.0 Å². The predicted octanol–water partition coefficient (Wildman–Crippen LogP) is 13.8. The van der Waals surface area contributed by atoms with Crippen LogP contribution in [0.15, 0.2) is 37.0 Å². The van der Waals surface area contributed by atoms with Crippen molar-refractivity contribution in [3.05, 3.63) is 37.0 Å². The third-order valence-electron chi connectivity index (χ3n) is 7.73. The summed E-state index contributed by atoms with van der Waals surface area (Å²) in [4.78, 5) is 0. The molecule has 1 heteroatoms. The van der Waals surface area contributed by atoms with Crippen molar-refractivity contribution in [1.82, 2.24) is 5.32 Å². The monoisotopic (exact) mass is 560 g/mol. The number of allylic oxidation sites excluding steroid dienone is 5. The van der Waals surface area contributed by atoms with E-state index in [1.165, 1.54) is 193 Å². The van der Waals surface area contributed by atoms with Crippen molar-refractivity contribution in [3.8, 4) is 0 Å².